The summed E-state index contributed by atoms with van der Waals surface area (Å²) in [6.45, 7) is 9.52. The normalized spacial score (nSPS) is 10.6. The zero-order valence-electron chi connectivity index (χ0n) is 10.7. The van der Waals surface area contributed by atoms with Crippen LogP contribution in [-0.4, -0.2) is 33.1 Å². The van der Waals surface area contributed by atoms with Crippen LogP contribution in [0.15, 0.2) is 54.4 Å². The van der Waals surface area contributed by atoms with Crippen molar-refractivity contribution in [2.75, 3.05) is 13.1 Å². The van der Waals surface area contributed by atoms with Crippen molar-refractivity contribution in [1.82, 2.24) is 20.0 Å². The Morgan fingerprint density at radius 1 is 1.26 bits per heavy atom. The highest BCUT2D eigenvalue weighted by molar-refractivity contribution is 5.51. The largest absolute Gasteiger partial charge is 0.338 e. The van der Waals surface area contributed by atoms with Crippen molar-refractivity contribution in [3.05, 3.63) is 55.7 Å². The summed E-state index contributed by atoms with van der Waals surface area (Å²) in [4.78, 5) is 10.5. The molecular weight excluding hydrogens is 240 g/mol. The van der Waals surface area contributed by atoms with E-state index in [1.165, 1.54) is 0 Å². The molecule has 2 heterocycles. The molecule has 0 saturated heterocycles. The molecule has 0 N–H and O–H groups in total. The number of rotatable bonds is 7. The van der Waals surface area contributed by atoms with E-state index in [0.29, 0.717) is 18.3 Å². The second kappa shape index (κ2) is 6.61. The quantitative estimate of drug-likeness (QED) is 0.711. The maximum atomic E-state index is 5.24. The fraction of sp³-hybridized carbons (Fsp3) is 0.214. The Balaban J connectivity index is 2.08. The SMILES string of the molecule is C=CCN(CC=C)Cc1nc(-c2cccnc2)no1. The highest BCUT2D eigenvalue weighted by Gasteiger charge is 2.11. The van der Waals surface area contributed by atoms with Crippen molar-refractivity contribution in [3.63, 3.8) is 0 Å². The van der Waals surface area contributed by atoms with E-state index in [0.717, 1.165) is 18.7 Å². The third kappa shape index (κ3) is 3.59. The van der Waals surface area contributed by atoms with Gasteiger partial charge in [0.05, 0.1) is 6.54 Å². The number of nitrogens with zero attached hydrogens (tertiary/aromatic N) is 4. The minimum absolute atomic E-state index is 0.556. The molecule has 0 fully saturated rings. The summed E-state index contributed by atoms with van der Waals surface area (Å²) in [5.74, 6) is 1.13. The van der Waals surface area contributed by atoms with E-state index in [4.69, 9.17) is 4.52 Å². The molecule has 0 aliphatic rings. The van der Waals surface area contributed by atoms with Crippen molar-refractivity contribution >= 4 is 0 Å². The summed E-state index contributed by atoms with van der Waals surface area (Å²) in [6.07, 6.45) is 7.09. The van der Waals surface area contributed by atoms with E-state index in [9.17, 15) is 0 Å². The second-order valence-corrected chi connectivity index (χ2v) is 4.02. The molecule has 19 heavy (non-hydrogen) atoms. The summed E-state index contributed by atoms with van der Waals surface area (Å²) in [5, 5.41) is 3.96. The molecule has 0 aromatic carbocycles. The first-order chi connectivity index (χ1) is 9.33. The third-order valence-electron chi connectivity index (χ3n) is 2.52. The minimum Gasteiger partial charge on any atom is -0.338 e. The van der Waals surface area contributed by atoms with Crippen LogP contribution in [0.5, 0.6) is 0 Å². The van der Waals surface area contributed by atoms with E-state index in [1.54, 1.807) is 12.4 Å². The lowest BCUT2D eigenvalue weighted by molar-refractivity contribution is 0.266. The molecule has 5 nitrogen and oxygen atoms in total. The Labute approximate surface area is 112 Å². The Kier molecular flexibility index (Phi) is 4.58. The minimum atomic E-state index is 0.556. The zero-order chi connectivity index (χ0) is 13.5. The van der Waals surface area contributed by atoms with Crippen LogP contribution in [0.2, 0.25) is 0 Å². The summed E-state index contributed by atoms with van der Waals surface area (Å²) >= 11 is 0. The van der Waals surface area contributed by atoms with E-state index >= 15 is 0 Å². The highest BCUT2D eigenvalue weighted by atomic mass is 16.5. The molecule has 0 amide bonds. The van der Waals surface area contributed by atoms with Gasteiger partial charge < -0.3 is 4.52 Å². The lowest BCUT2D eigenvalue weighted by Crippen LogP contribution is -2.23. The van der Waals surface area contributed by atoms with Crippen LogP contribution in [0.1, 0.15) is 5.89 Å². The van der Waals surface area contributed by atoms with Gasteiger partial charge in [-0.1, -0.05) is 17.3 Å². The lowest BCUT2D eigenvalue weighted by atomic mass is 10.3. The van der Waals surface area contributed by atoms with Crippen molar-refractivity contribution in [3.8, 4) is 11.4 Å². The van der Waals surface area contributed by atoms with E-state index in [-0.39, 0.29) is 0 Å². The first-order valence-corrected chi connectivity index (χ1v) is 6.00. The Morgan fingerprint density at radius 2 is 2.05 bits per heavy atom. The molecule has 2 aromatic heterocycles. The molecule has 5 heteroatoms. The van der Waals surface area contributed by atoms with Crippen molar-refractivity contribution in [2.45, 2.75) is 6.54 Å². The van der Waals surface area contributed by atoms with Gasteiger partial charge in [0.25, 0.3) is 0 Å². The first kappa shape index (κ1) is 13.2. The van der Waals surface area contributed by atoms with Crippen molar-refractivity contribution < 1.29 is 4.52 Å². The van der Waals surface area contributed by atoms with Crippen LogP contribution in [0, 0.1) is 0 Å². The van der Waals surface area contributed by atoms with Gasteiger partial charge in [0.2, 0.25) is 11.7 Å². The molecule has 0 unspecified atom stereocenters. The Bertz CT molecular complexity index is 525. The van der Waals surface area contributed by atoms with Gasteiger partial charge in [0.15, 0.2) is 0 Å². The number of hydrogen-bond acceptors (Lipinski definition) is 5. The highest BCUT2D eigenvalue weighted by Crippen LogP contribution is 2.14. The molecule has 2 rings (SSSR count). The van der Waals surface area contributed by atoms with Crippen molar-refractivity contribution in [1.29, 1.82) is 0 Å². The molecule has 0 radical (unpaired) electrons. The fourth-order valence-electron chi connectivity index (χ4n) is 1.69. The summed E-state index contributed by atoms with van der Waals surface area (Å²) in [7, 11) is 0. The lowest BCUT2D eigenvalue weighted by Gasteiger charge is -2.15. The van der Waals surface area contributed by atoms with Crippen LogP contribution < -0.4 is 0 Å². The van der Waals surface area contributed by atoms with Gasteiger partial charge in [-0.15, -0.1) is 13.2 Å². The zero-order valence-corrected chi connectivity index (χ0v) is 10.7. The van der Waals surface area contributed by atoms with Gasteiger partial charge in [0.1, 0.15) is 0 Å². The molecule has 98 valence electrons. The topological polar surface area (TPSA) is 55.1 Å². The van der Waals surface area contributed by atoms with Crippen LogP contribution in [0.4, 0.5) is 0 Å². The van der Waals surface area contributed by atoms with Gasteiger partial charge in [-0.2, -0.15) is 4.98 Å². The smallest absolute Gasteiger partial charge is 0.241 e. The average Bonchev–Trinajstić information content (AvgIpc) is 2.89. The number of aromatic nitrogens is 3. The third-order valence-corrected chi connectivity index (χ3v) is 2.52. The molecule has 0 atom stereocenters. The summed E-state index contributed by atoms with van der Waals surface area (Å²) in [5.41, 5.74) is 0.844. The molecule has 2 aromatic rings. The molecule has 0 aliphatic heterocycles. The van der Waals surface area contributed by atoms with E-state index in [2.05, 4.69) is 33.2 Å². The van der Waals surface area contributed by atoms with Gasteiger partial charge in [0, 0.05) is 31.0 Å². The maximum Gasteiger partial charge on any atom is 0.241 e. The predicted molar refractivity (Wildman–Crippen MR) is 73.2 cm³/mol. The Hall–Kier alpha value is -2.27. The van der Waals surface area contributed by atoms with Gasteiger partial charge >= 0.3 is 0 Å². The first-order valence-electron chi connectivity index (χ1n) is 6.00. The molecule has 0 saturated carbocycles. The van der Waals surface area contributed by atoms with Crippen molar-refractivity contribution in [2.24, 2.45) is 0 Å². The maximum absolute atomic E-state index is 5.24. The van der Waals surface area contributed by atoms with Crippen LogP contribution in [0.25, 0.3) is 11.4 Å². The molecular formula is C14H16N4O. The van der Waals surface area contributed by atoms with Gasteiger partial charge in [-0.25, -0.2) is 0 Å². The second-order valence-electron chi connectivity index (χ2n) is 4.02. The fourth-order valence-corrected chi connectivity index (χ4v) is 1.69. The van der Waals surface area contributed by atoms with E-state index < -0.39 is 0 Å². The van der Waals surface area contributed by atoms with Crippen LogP contribution >= 0.6 is 0 Å². The molecule has 0 spiro atoms. The standard InChI is InChI=1S/C14H16N4O/c1-3-8-18(9-4-2)11-13-16-14(17-19-13)12-6-5-7-15-10-12/h3-7,10H,1-2,8-9,11H2. The van der Waals surface area contributed by atoms with E-state index in [1.807, 2.05) is 24.3 Å². The van der Waals surface area contributed by atoms with Gasteiger partial charge in [-0.05, 0) is 12.1 Å². The predicted octanol–water partition coefficient (Wildman–Crippen LogP) is 2.31. The van der Waals surface area contributed by atoms with Crippen LogP contribution in [-0.2, 0) is 6.54 Å². The van der Waals surface area contributed by atoms with Gasteiger partial charge in [-0.3, -0.25) is 9.88 Å². The average molecular weight is 256 g/mol. The summed E-state index contributed by atoms with van der Waals surface area (Å²) < 4.78 is 5.24. The van der Waals surface area contributed by atoms with Crippen LogP contribution in [0.3, 0.4) is 0 Å². The number of hydrogen-bond donors (Lipinski definition) is 0. The summed E-state index contributed by atoms with van der Waals surface area (Å²) in [6, 6.07) is 3.74. The Morgan fingerprint density at radius 3 is 2.68 bits per heavy atom. The molecule has 0 aliphatic carbocycles. The number of pyridine rings is 1. The molecule has 0 bridgehead atoms. The monoisotopic (exact) mass is 256 g/mol.